The lowest BCUT2D eigenvalue weighted by Crippen LogP contribution is -2.00. The summed E-state index contributed by atoms with van der Waals surface area (Å²) in [6.45, 7) is 5.64. The van der Waals surface area contributed by atoms with Crippen molar-refractivity contribution in [2.75, 3.05) is 17.2 Å². The summed E-state index contributed by atoms with van der Waals surface area (Å²) in [5.41, 5.74) is 20.3. The van der Waals surface area contributed by atoms with Crippen molar-refractivity contribution in [2.45, 2.75) is 6.92 Å². The van der Waals surface area contributed by atoms with Crippen molar-refractivity contribution in [3.8, 4) is 0 Å². The highest BCUT2D eigenvalue weighted by Gasteiger charge is 2.05. The molecule has 1 aromatic carbocycles. The van der Waals surface area contributed by atoms with E-state index in [-0.39, 0.29) is 0 Å². The Labute approximate surface area is 71.9 Å². The fraction of sp³-hybridized carbons (Fsp3) is 0.111. The van der Waals surface area contributed by atoms with Gasteiger partial charge in [-0.1, -0.05) is 6.58 Å². The van der Waals surface area contributed by atoms with Gasteiger partial charge in [0.15, 0.2) is 0 Å². The monoisotopic (exact) mass is 163 g/mol. The molecule has 0 aliphatic carbocycles. The molecule has 64 valence electrons. The van der Waals surface area contributed by atoms with Gasteiger partial charge in [0, 0.05) is 22.6 Å². The lowest BCUT2D eigenvalue weighted by Gasteiger charge is -2.09. The third-order valence-electron chi connectivity index (χ3n) is 1.65. The number of nitrogen functional groups attached to an aromatic ring is 3. The quantitative estimate of drug-likeness (QED) is 0.548. The van der Waals surface area contributed by atoms with E-state index in [9.17, 15) is 0 Å². The standard InChI is InChI=1S/C9H13N3/c1-5(2)9-7(11)3-6(10)4-8(9)12/h3-4H,1,10-12H2,2H3. The van der Waals surface area contributed by atoms with Gasteiger partial charge in [-0.2, -0.15) is 0 Å². The van der Waals surface area contributed by atoms with Gasteiger partial charge in [0.25, 0.3) is 0 Å². The summed E-state index contributed by atoms with van der Waals surface area (Å²) in [6.07, 6.45) is 0. The largest absolute Gasteiger partial charge is 0.399 e. The van der Waals surface area contributed by atoms with Crippen LogP contribution >= 0.6 is 0 Å². The fourth-order valence-corrected chi connectivity index (χ4v) is 1.20. The molecule has 0 fully saturated rings. The number of allylic oxidation sites excluding steroid dienone is 1. The molecule has 0 atom stereocenters. The first kappa shape index (κ1) is 8.46. The number of hydrogen-bond donors (Lipinski definition) is 3. The van der Waals surface area contributed by atoms with Crippen LogP contribution in [0.3, 0.4) is 0 Å². The van der Waals surface area contributed by atoms with Gasteiger partial charge in [0.1, 0.15) is 0 Å². The molecule has 0 aliphatic rings. The average molecular weight is 163 g/mol. The van der Waals surface area contributed by atoms with Crippen molar-refractivity contribution >= 4 is 22.6 Å². The van der Waals surface area contributed by atoms with Gasteiger partial charge in [-0.05, 0) is 24.6 Å². The van der Waals surface area contributed by atoms with Crippen molar-refractivity contribution in [3.05, 3.63) is 24.3 Å². The van der Waals surface area contributed by atoms with Gasteiger partial charge >= 0.3 is 0 Å². The van der Waals surface area contributed by atoms with Gasteiger partial charge in [-0.15, -0.1) is 0 Å². The molecule has 3 nitrogen and oxygen atoms in total. The van der Waals surface area contributed by atoms with Crippen LogP contribution < -0.4 is 17.2 Å². The lowest BCUT2D eigenvalue weighted by molar-refractivity contribution is 1.56. The Hall–Kier alpha value is -1.64. The van der Waals surface area contributed by atoms with Crippen molar-refractivity contribution in [2.24, 2.45) is 0 Å². The molecule has 3 heteroatoms. The van der Waals surface area contributed by atoms with Gasteiger partial charge < -0.3 is 17.2 Å². The first-order chi connectivity index (χ1) is 5.52. The minimum atomic E-state index is 0.579. The Morgan fingerprint density at radius 2 is 1.58 bits per heavy atom. The summed E-state index contributed by atoms with van der Waals surface area (Å²) < 4.78 is 0. The highest BCUT2D eigenvalue weighted by atomic mass is 14.7. The van der Waals surface area contributed by atoms with Gasteiger partial charge in [0.05, 0.1) is 0 Å². The maximum Gasteiger partial charge on any atom is 0.0431 e. The number of anilines is 3. The van der Waals surface area contributed by atoms with Crippen LogP contribution in [0.5, 0.6) is 0 Å². The van der Waals surface area contributed by atoms with E-state index in [1.54, 1.807) is 12.1 Å². The van der Waals surface area contributed by atoms with E-state index in [1.807, 2.05) is 6.92 Å². The van der Waals surface area contributed by atoms with Gasteiger partial charge in [-0.3, -0.25) is 0 Å². The minimum Gasteiger partial charge on any atom is -0.399 e. The Bertz CT molecular complexity index is 306. The van der Waals surface area contributed by atoms with Crippen LogP contribution in [0.4, 0.5) is 17.1 Å². The van der Waals surface area contributed by atoms with Crippen LogP contribution in [0.1, 0.15) is 12.5 Å². The van der Waals surface area contributed by atoms with E-state index < -0.39 is 0 Å². The Kier molecular flexibility index (Phi) is 1.95. The molecule has 12 heavy (non-hydrogen) atoms. The predicted octanol–water partition coefficient (Wildman–Crippen LogP) is 1.47. The third kappa shape index (κ3) is 1.34. The molecule has 0 amide bonds. The maximum absolute atomic E-state index is 5.70. The molecule has 0 saturated carbocycles. The summed E-state index contributed by atoms with van der Waals surface area (Å²) in [5, 5.41) is 0. The Balaban J connectivity index is 3.38. The molecule has 1 rings (SSSR count). The average Bonchev–Trinajstić information content (AvgIpc) is 1.82. The van der Waals surface area contributed by atoms with Crippen molar-refractivity contribution < 1.29 is 0 Å². The highest BCUT2D eigenvalue weighted by Crippen LogP contribution is 2.28. The van der Waals surface area contributed by atoms with E-state index in [4.69, 9.17) is 17.2 Å². The smallest absolute Gasteiger partial charge is 0.0431 e. The van der Waals surface area contributed by atoms with E-state index in [0.29, 0.717) is 17.1 Å². The van der Waals surface area contributed by atoms with E-state index in [2.05, 4.69) is 6.58 Å². The zero-order valence-electron chi connectivity index (χ0n) is 7.09. The molecule has 0 spiro atoms. The zero-order valence-corrected chi connectivity index (χ0v) is 7.09. The van der Waals surface area contributed by atoms with Crippen molar-refractivity contribution in [1.82, 2.24) is 0 Å². The molecule has 6 N–H and O–H groups in total. The SMILES string of the molecule is C=C(C)c1c(N)cc(N)cc1N. The minimum absolute atomic E-state index is 0.579. The van der Waals surface area contributed by atoms with Crippen LogP contribution in [0.15, 0.2) is 18.7 Å². The Morgan fingerprint density at radius 3 is 1.92 bits per heavy atom. The van der Waals surface area contributed by atoms with E-state index in [0.717, 1.165) is 11.1 Å². The summed E-state index contributed by atoms with van der Waals surface area (Å²) in [4.78, 5) is 0. The van der Waals surface area contributed by atoms with Gasteiger partial charge in [0.2, 0.25) is 0 Å². The molecular weight excluding hydrogens is 150 g/mol. The lowest BCUT2D eigenvalue weighted by atomic mass is 10.0. The van der Waals surface area contributed by atoms with E-state index >= 15 is 0 Å². The normalized spacial score (nSPS) is 9.75. The second-order valence-electron chi connectivity index (χ2n) is 2.85. The zero-order chi connectivity index (χ0) is 9.30. The first-order valence-electron chi connectivity index (χ1n) is 3.62. The second-order valence-corrected chi connectivity index (χ2v) is 2.85. The molecule has 0 aliphatic heterocycles. The van der Waals surface area contributed by atoms with Crippen LogP contribution in [-0.4, -0.2) is 0 Å². The second kappa shape index (κ2) is 2.77. The Morgan fingerprint density at radius 1 is 1.17 bits per heavy atom. The topological polar surface area (TPSA) is 78.1 Å². The van der Waals surface area contributed by atoms with Crippen LogP contribution in [0.2, 0.25) is 0 Å². The number of rotatable bonds is 1. The number of nitrogens with two attached hydrogens (primary N) is 3. The van der Waals surface area contributed by atoms with Gasteiger partial charge in [-0.25, -0.2) is 0 Å². The fourth-order valence-electron chi connectivity index (χ4n) is 1.20. The molecule has 0 aromatic heterocycles. The summed E-state index contributed by atoms with van der Waals surface area (Å²) in [6, 6.07) is 3.36. The van der Waals surface area contributed by atoms with Crippen molar-refractivity contribution in [1.29, 1.82) is 0 Å². The molecule has 1 aromatic rings. The predicted molar refractivity (Wildman–Crippen MR) is 54.4 cm³/mol. The summed E-state index contributed by atoms with van der Waals surface area (Å²) >= 11 is 0. The molecule has 0 bridgehead atoms. The number of hydrogen-bond acceptors (Lipinski definition) is 3. The maximum atomic E-state index is 5.70. The first-order valence-corrected chi connectivity index (χ1v) is 3.62. The van der Waals surface area contributed by atoms with Crippen LogP contribution in [0, 0.1) is 0 Å². The van der Waals surface area contributed by atoms with E-state index in [1.165, 1.54) is 0 Å². The van der Waals surface area contributed by atoms with Crippen molar-refractivity contribution in [3.63, 3.8) is 0 Å². The molecule has 0 heterocycles. The number of benzene rings is 1. The molecule has 0 radical (unpaired) electrons. The molecule has 0 unspecified atom stereocenters. The highest BCUT2D eigenvalue weighted by molar-refractivity contribution is 5.84. The summed E-state index contributed by atoms with van der Waals surface area (Å²) in [7, 11) is 0. The molecular formula is C9H13N3. The summed E-state index contributed by atoms with van der Waals surface area (Å²) in [5.74, 6) is 0. The third-order valence-corrected chi connectivity index (χ3v) is 1.65. The van der Waals surface area contributed by atoms with Crippen LogP contribution in [0.25, 0.3) is 5.57 Å². The molecule has 0 saturated heterocycles. The van der Waals surface area contributed by atoms with Crippen LogP contribution in [-0.2, 0) is 0 Å².